The number of aromatic nitrogens is 3. The number of nitrogens with one attached hydrogen (secondary N) is 1. The van der Waals surface area contributed by atoms with Gasteiger partial charge in [0.1, 0.15) is 5.82 Å². The third-order valence-electron chi connectivity index (χ3n) is 6.64. The fraction of sp³-hybridized carbons (Fsp3) is 0.393. The average Bonchev–Trinajstić information content (AvgIpc) is 3.45. The van der Waals surface area contributed by atoms with Crippen LogP contribution in [0.2, 0.25) is 0 Å². The van der Waals surface area contributed by atoms with Gasteiger partial charge in [-0.05, 0) is 68.1 Å². The Morgan fingerprint density at radius 2 is 1.72 bits per heavy atom. The van der Waals surface area contributed by atoms with Crippen LogP contribution in [0.15, 0.2) is 53.4 Å². The Balaban J connectivity index is 1.37. The molecule has 11 heteroatoms. The molecule has 4 aromatic rings. The summed E-state index contributed by atoms with van der Waals surface area (Å²) in [5.74, 6) is 0.116. The molecule has 0 bridgehead atoms. The van der Waals surface area contributed by atoms with Crippen molar-refractivity contribution in [2.75, 3.05) is 18.4 Å². The first-order chi connectivity index (χ1) is 18.3. The van der Waals surface area contributed by atoms with Crippen molar-refractivity contribution in [2.24, 2.45) is 0 Å². The first kappa shape index (κ1) is 27.4. The van der Waals surface area contributed by atoms with Gasteiger partial charge in [-0.3, -0.25) is 4.79 Å². The second kappa shape index (κ2) is 10.1. The highest BCUT2D eigenvalue weighted by molar-refractivity contribution is 7.89. The van der Waals surface area contributed by atoms with E-state index in [2.05, 4.69) is 43.3 Å². The van der Waals surface area contributed by atoms with Crippen LogP contribution < -0.4 is 5.32 Å². The van der Waals surface area contributed by atoms with Crippen LogP contribution in [-0.2, 0) is 20.2 Å². The molecule has 5 rings (SSSR count). The number of carbonyl (C=O) groups is 1. The summed E-state index contributed by atoms with van der Waals surface area (Å²) >= 11 is 1.51. The number of aryl methyl sites for hydroxylation is 1. The zero-order chi connectivity index (χ0) is 28.1. The molecule has 39 heavy (non-hydrogen) atoms. The average molecular weight is 568 g/mol. The molecule has 3 heterocycles. The van der Waals surface area contributed by atoms with Crippen molar-refractivity contribution in [3.05, 3.63) is 65.4 Å². The Labute approximate surface area is 232 Å². The monoisotopic (exact) mass is 567 g/mol. The quantitative estimate of drug-likeness (QED) is 0.358. The third kappa shape index (κ3) is 5.62. The summed E-state index contributed by atoms with van der Waals surface area (Å²) in [5.41, 5.74) is 3.18. The molecule has 1 amide bonds. The Morgan fingerprint density at radius 1 is 1.05 bits per heavy atom. The number of ether oxygens (including phenoxy) is 1. The van der Waals surface area contributed by atoms with Gasteiger partial charge in [-0.2, -0.15) is 14.1 Å². The Bertz CT molecular complexity index is 1620. The summed E-state index contributed by atoms with van der Waals surface area (Å²) < 4.78 is 36.1. The van der Waals surface area contributed by atoms with E-state index >= 15 is 0 Å². The van der Waals surface area contributed by atoms with E-state index in [4.69, 9.17) is 9.72 Å². The van der Waals surface area contributed by atoms with Crippen LogP contribution in [0.25, 0.3) is 15.3 Å². The highest BCUT2D eigenvalue weighted by Gasteiger charge is 2.32. The molecule has 2 atom stereocenters. The van der Waals surface area contributed by atoms with Crippen LogP contribution in [0.5, 0.6) is 0 Å². The van der Waals surface area contributed by atoms with Crippen molar-refractivity contribution < 1.29 is 17.9 Å². The number of rotatable bonds is 5. The van der Waals surface area contributed by atoms with Gasteiger partial charge in [0.15, 0.2) is 0 Å². The second-order valence-corrected chi connectivity index (χ2v) is 14.0. The number of hydrogen-bond donors (Lipinski definition) is 1. The number of carbonyl (C=O) groups excluding carboxylic acids is 1. The normalized spacial score (nSPS) is 18.9. The first-order valence-electron chi connectivity index (χ1n) is 12.9. The summed E-state index contributed by atoms with van der Waals surface area (Å²) in [6, 6.07) is 14.0. The van der Waals surface area contributed by atoms with Crippen molar-refractivity contribution in [3.8, 4) is 5.13 Å². The van der Waals surface area contributed by atoms with Crippen molar-refractivity contribution in [3.63, 3.8) is 0 Å². The lowest BCUT2D eigenvalue weighted by molar-refractivity contribution is -0.0440. The maximum atomic E-state index is 13.2. The molecule has 1 fully saturated rings. The fourth-order valence-electron chi connectivity index (χ4n) is 4.65. The minimum absolute atomic E-state index is 0.0215. The van der Waals surface area contributed by atoms with Crippen LogP contribution in [0, 0.1) is 6.92 Å². The van der Waals surface area contributed by atoms with Gasteiger partial charge in [0.05, 0.1) is 33.0 Å². The highest BCUT2D eigenvalue weighted by atomic mass is 32.2. The van der Waals surface area contributed by atoms with E-state index in [1.165, 1.54) is 45.5 Å². The van der Waals surface area contributed by atoms with E-state index in [0.29, 0.717) is 29.6 Å². The second-order valence-electron chi connectivity index (χ2n) is 11.1. The lowest BCUT2D eigenvalue weighted by Crippen LogP contribution is -2.48. The number of amides is 1. The maximum absolute atomic E-state index is 13.2. The molecule has 0 saturated carbocycles. The molecule has 0 spiro atoms. The Hall–Kier alpha value is -3.12. The predicted octanol–water partition coefficient (Wildman–Crippen LogP) is 5.14. The zero-order valence-electron chi connectivity index (χ0n) is 22.9. The number of thiazole rings is 1. The summed E-state index contributed by atoms with van der Waals surface area (Å²) in [6.07, 6.45) is -0.365. The van der Waals surface area contributed by atoms with Gasteiger partial charge in [0, 0.05) is 24.7 Å². The topological polar surface area (TPSA) is 106 Å². The van der Waals surface area contributed by atoms with Gasteiger partial charge in [-0.15, -0.1) is 0 Å². The van der Waals surface area contributed by atoms with E-state index in [9.17, 15) is 13.2 Å². The summed E-state index contributed by atoms with van der Waals surface area (Å²) in [4.78, 5) is 18.0. The Kier molecular flexibility index (Phi) is 7.13. The molecule has 1 N–H and O–H groups in total. The maximum Gasteiger partial charge on any atom is 0.256 e. The van der Waals surface area contributed by atoms with Gasteiger partial charge < -0.3 is 10.1 Å². The lowest BCUT2D eigenvalue weighted by atomic mass is 9.87. The largest absolute Gasteiger partial charge is 0.373 e. The van der Waals surface area contributed by atoms with Gasteiger partial charge in [-0.1, -0.05) is 38.2 Å². The molecule has 1 aliphatic heterocycles. The van der Waals surface area contributed by atoms with Crippen LogP contribution >= 0.6 is 11.3 Å². The number of nitrogens with zero attached hydrogens (tertiary/aromatic N) is 4. The minimum Gasteiger partial charge on any atom is -0.373 e. The van der Waals surface area contributed by atoms with Crippen molar-refractivity contribution >= 4 is 43.3 Å². The van der Waals surface area contributed by atoms with Gasteiger partial charge in [-0.25, -0.2) is 13.4 Å². The number of sulfonamides is 1. The number of hydrogen-bond acceptors (Lipinski definition) is 7. The number of anilines is 1. The number of fused-ring (bicyclic) bond motifs is 1. The molecule has 1 saturated heterocycles. The molecular weight excluding hydrogens is 534 g/mol. The summed E-state index contributed by atoms with van der Waals surface area (Å²) in [7, 11) is -3.69. The van der Waals surface area contributed by atoms with Crippen LogP contribution in [0.4, 0.5) is 5.82 Å². The van der Waals surface area contributed by atoms with Crippen LogP contribution in [0.3, 0.4) is 0 Å². The van der Waals surface area contributed by atoms with Crippen LogP contribution in [-0.4, -0.2) is 58.7 Å². The van der Waals surface area contributed by atoms with Crippen molar-refractivity contribution in [2.45, 2.75) is 64.1 Å². The molecule has 206 valence electrons. The van der Waals surface area contributed by atoms with Crippen molar-refractivity contribution in [1.82, 2.24) is 19.1 Å². The van der Waals surface area contributed by atoms with E-state index in [-0.39, 0.29) is 28.4 Å². The predicted molar refractivity (Wildman–Crippen MR) is 153 cm³/mol. The smallest absolute Gasteiger partial charge is 0.256 e. The molecule has 2 aromatic heterocycles. The molecule has 0 radical (unpaired) electrons. The van der Waals surface area contributed by atoms with E-state index < -0.39 is 10.0 Å². The van der Waals surface area contributed by atoms with E-state index in [1.54, 1.807) is 10.7 Å². The molecular formula is C28H33N5O4S2. The van der Waals surface area contributed by atoms with Gasteiger partial charge in [0.25, 0.3) is 5.91 Å². The first-order valence-corrected chi connectivity index (χ1v) is 15.1. The molecule has 0 aliphatic carbocycles. The molecule has 1 aliphatic rings. The SMILES string of the molecule is Cc1cc(NC(=O)c2ccc(S(=O)(=O)N3CC(C)OC(C)C3)cc2)n(-c2nc3ccc(C(C)(C)C)cc3s2)n1. The molecule has 2 aromatic carbocycles. The Morgan fingerprint density at radius 3 is 2.36 bits per heavy atom. The third-order valence-corrected chi connectivity index (χ3v) is 9.48. The summed E-state index contributed by atoms with van der Waals surface area (Å²) in [5, 5.41) is 8.12. The van der Waals surface area contributed by atoms with Crippen molar-refractivity contribution in [1.29, 1.82) is 0 Å². The number of benzene rings is 2. The number of morpholine rings is 1. The van der Waals surface area contributed by atoms with Gasteiger partial charge >= 0.3 is 0 Å². The van der Waals surface area contributed by atoms with E-state index in [1.807, 2.05) is 26.8 Å². The van der Waals surface area contributed by atoms with E-state index in [0.717, 1.165) is 15.9 Å². The zero-order valence-corrected chi connectivity index (χ0v) is 24.6. The minimum atomic E-state index is -3.69. The summed E-state index contributed by atoms with van der Waals surface area (Å²) in [6.45, 7) is 12.7. The van der Waals surface area contributed by atoms with Gasteiger partial charge in [0.2, 0.25) is 15.2 Å². The fourth-order valence-corrected chi connectivity index (χ4v) is 7.21. The molecule has 9 nitrogen and oxygen atoms in total. The standard InChI is InChI=1S/C28H33N5O4S2/c1-17-13-25(33(31-17)27-29-23-12-9-21(28(4,5)6)14-24(23)38-27)30-26(34)20-7-10-22(11-8-20)39(35,36)32-15-18(2)37-19(3)16-32/h7-14,18-19H,15-16H2,1-6H3,(H,30,34). The van der Waals surface area contributed by atoms with Crippen LogP contribution in [0.1, 0.15) is 56.2 Å². The lowest BCUT2D eigenvalue weighted by Gasteiger charge is -2.34. The highest BCUT2D eigenvalue weighted by Crippen LogP contribution is 2.32. The molecule has 2 unspecified atom stereocenters.